The van der Waals surface area contributed by atoms with E-state index in [0.29, 0.717) is 12.4 Å². The van der Waals surface area contributed by atoms with Crippen molar-refractivity contribution in [1.82, 2.24) is 0 Å². The van der Waals surface area contributed by atoms with Gasteiger partial charge in [0, 0.05) is 11.1 Å². The topological polar surface area (TPSA) is 63.6 Å². The highest BCUT2D eigenvalue weighted by atomic mass is 16.5. The van der Waals surface area contributed by atoms with E-state index in [9.17, 15) is 14.7 Å². The summed E-state index contributed by atoms with van der Waals surface area (Å²) in [5.74, 6) is -0.497. The molecule has 0 aliphatic heterocycles. The highest BCUT2D eigenvalue weighted by Crippen LogP contribution is 2.36. The van der Waals surface area contributed by atoms with Gasteiger partial charge in [0.25, 0.3) is 0 Å². The number of benzene rings is 3. The minimum atomic E-state index is -0.368. The van der Waals surface area contributed by atoms with Crippen LogP contribution in [0.25, 0.3) is 0 Å². The lowest BCUT2D eigenvalue weighted by Crippen LogP contribution is -2.22. The molecular formula is C21H14O4. The van der Waals surface area contributed by atoms with Crippen LogP contribution >= 0.6 is 0 Å². The quantitative estimate of drug-likeness (QED) is 0.621. The number of ketones is 2. The average Bonchev–Trinajstić information content (AvgIpc) is 2.65. The molecule has 0 saturated carbocycles. The highest BCUT2D eigenvalue weighted by molar-refractivity contribution is 6.30. The van der Waals surface area contributed by atoms with Crippen molar-refractivity contribution in [3.63, 3.8) is 0 Å². The van der Waals surface area contributed by atoms with Crippen LogP contribution in [-0.4, -0.2) is 16.7 Å². The van der Waals surface area contributed by atoms with E-state index < -0.39 is 0 Å². The van der Waals surface area contributed by atoms with Gasteiger partial charge in [0.2, 0.25) is 0 Å². The Balaban J connectivity index is 1.76. The molecule has 4 nitrogen and oxygen atoms in total. The Morgan fingerprint density at radius 2 is 1.36 bits per heavy atom. The van der Waals surface area contributed by atoms with Crippen LogP contribution in [0.4, 0.5) is 0 Å². The first-order chi connectivity index (χ1) is 12.2. The van der Waals surface area contributed by atoms with Crippen molar-refractivity contribution in [3.05, 3.63) is 94.5 Å². The van der Waals surface area contributed by atoms with Gasteiger partial charge in [-0.3, -0.25) is 9.59 Å². The Hall–Kier alpha value is -3.40. The van der Waals surface area contributed by atoms with Gasteiger partial charge in [-0.25, -0.2) is 0 Å². The molecule has 0 heterocycles. The Kier molecular flexibility index (Phi) is 3.58. The van der Waals surface area contributed by atoms with Gasteiger partial charge in [-0.05, 0) is 17.7 Å². The van der Waals surface area contributed by atoms with Crippen molar-refractivity contribution in [2.24, 2.45) is 0 Å². The summed E-state index contributed by atoms with van der Waals surface area (Å²) in [6.07, 6.45) is 0. The lowest BCUT2D eigenvalue weighted by molar-refractivity contribution is 0.0973. The molecule has 25 heavy (non-hydrogen) atoms. The van der Waals surface area contributed by atoms with Gasteiger partial charge in [-0.2, -0.15) is 0 Å². The summed E-state index contributed by atoms with van der Waals surface area (Å²) >= 11 is 0. The number of carbonyl (C=O) groups excluding carboxylic acids is 2. The number of fused-ring (bicyclic) bond motifs is 2. The lowest BCUT2D eigenvalue weighted by atomic mass is 9.83. The molecule has 1 N–H and O–H groups in total. The van der Waals surface area contributed by atoms with Crippen molar-refractivity contribution in [2.75, 3.05) is 0 Å². The Bertz CT molecular complexity index is 990. The summed E-state index contributed by atoms with van der Waals surface area (Å²) in [5, 5.41) is 9.99. The van der Waals surface area contributed by atoms with Crippen LogP contribution in [0.3, 0.4) is 0 Å². The standard InChI is InChI=1S/C21H14O4/c22-16-10-4-8-14-18(16)20(23)15-9-5-11-17(19(15)21(14)24)25-12-13-6-2-1-3-7-13/h1-11,22H,12H2. The second kappa shape index (κ2) is 5.91. The van der Waals surface area contributed by atoms with Crippen LogP contribution in [0.15, 0.2) is 66.7 Å². The molecule has 0 unspecified atom stereocenters. The van der Waals surface area contributed by atoms with E-state index in [1.807, 2.05) is 30.3 Å². The van der Waals surface area contributed by atoms with Crippen molar-refractivity contribution in [2.45, 2.75) is 6.61 Å². The maximum absolute atomic E-state index is 12.9. The van der Waals surface area contributed by atoms with Crippen molar-refractivity contribution >= 4 is 11.6 Å². The number of aromatic hydroxyl groups is 1. The van der Waals surface area contributed by atoms with Crippen LogP contribution in [-0.2, 0) is 6.61 Å². The monoisotopic (exact) mass is 330 g/mol. The summed E-state index contributed by atoms with van der Waals surface area (Å²) in [4.78, 5) is 25.6. The second-order valence-corrected chi connectivity index (χ2v) is 5.81. The summed E-state index contributed by atoms with van der Waals surface area (Å²) in [6.45, 7) is 0.297. The number of ether oxygens (including phenoxy) is 1. The molecule has 0 bridgehead atoms. The lowest BCUT2D eigenvalue weighted by Gasteiger charge is -2.20. The highest BCUT2D eigenvalue weighted by Gasteiger charge is 2.34. The molecule has 0 spiro atoms. The number of carbonyl (C=O) groups is 2. The van der Waals surface area contributed by atoms with Crippen LogP contribution in [0.2, 0.25) is 0 Å². The van der Waals surface area contributed by atoms with Gasteiger partial charge in [-0.15, -0.1) is 0 Å². The van der Waals surface area contributed by atoms with E-state index in [2.05, 4.69) is 0 Å². The molecule has 1 aliphatic carbocycles. The minimum absolute atomic E-state index is 0.0557. The third-order valence-electron chi connectivity index (χ3n) is 4.25. The number of hydrogen-bond acceptors (Lipinski definition) is 4. The Morgan fingerprint density at radius 3 is 2.12 bits per heavy atom. The summed E-state index contributed by atoms with van der Waals surface area (Å²) in [6, 6.07) is 19.0. The van der Waals surface area contributed by atoms with Gasteiger partial charge >= 0.3 is 0 Å². The zero-order valence-electron chi connectivity index (χ0n) is 13.2. The number of hydrogen-bond donors (Lipinski definition) is 1. The molecule has 0 atom stereocenters. The van der Waals surface area contributed by atoms with Gasteiger partial charge in [0.1, 0.15) is 18.1 Å². The van der Waals surface area contributed by atoms with Gasteiger partial charge < -0.3 is 9.84 Å². The first-order valence-electron chi connectivity index (χ1n) is 7.88. The molecule has 0 radical (unpaired) electrons. The zero-order valence-corrected chi connectivity index (χ0v) is 13.2. The molecule has 0 saturated heterocycles. The fourth-order valence-electron chi connectivity index (χ4n) is 3.05. The second-order valence-electron chi connectivity index (χ2n) is 5.81. The van der Waals surface area contributed by atoms with Crippen LogP contribution in [0, 0.1) is 0 Å². The van der Waals surface area contributed by atoms with Gasteiger partial charge in [-0.1, -0.05) is 54.6 Å². The SMILES string of the molecule is O=C1c2cccc(OCc3ccccc3)c2C(=O)c2cccc(O)c21. The van der Waals surface area contributed by atoms with Gasteiger partial charge in [0.05, 0.1) is 11.1 Å². The average molecular weight is 330 g/mol. The molecular weight excluding hydrogens is 316 g/mol. The van der Waals surface area contributed by atoms with E-state index in [1.54, 1.807) is 30.3 Å². The molecule has 0 amide bonds. The maximum Gasteiger partial charge on any atom is 0.198 e. The van der Waals surface area contributed by atoms with E-state index >= 15 is 0 Å². The Labute approximate surface area is 144 Å². The van der Waals surface area contributed by atoms with Crippen molar-refractivity contribution < 1.29 is 19.4 Å². The first kappa shape index (κ1) is 15.1. The summed E-state index contributed by atoms with van der Waals surface area (Å²) in [7, 11) is 0. The third kappa shape index (κ3) is 2.48. The molecule has 4 heteroatoms. The van der Waals surface area contributed by atoms with Crippen molar-refractivity contribution in [1.29, 1.82) is 0 Å². The van der Waals surface area contributed by atoms with E-state index in [-0.39, 0.29) is 39.6 Å². The normalized spacial score (nSPS) is 12.5. The Morgan fingerprint density at radius 1 is 0.720 bits per heavy atom. The first-order valence-corrected chi connectivity index (χ1v) is 7.88. The molecule has 3 aromatic rings. The summed E-state index contributed by atoms with van der Waals surface area (Å²) < 4.78 is 5.82. The summed E-state index contributed by atoms with van der Waals surface area (Å²) in [5.41, 5.74) is 1.73. The third-order valence-corrected chi connectivity index (χ3v) is 4.25. The number of phenols is 1. The van der Waals surface area contributed by atoms with E-state index in [1.165, 1.54) is 6.07 Å². The number of rotatable bonds is 3. The fourth-order valence-corrected chi connectivity index (χ4v) is 3.05. The molecule has 0 aromatic heterocycles. The van der Waals surface area contributed by atoms with Crippen LogP contribution in [0.1, 0.15) is 37.4 Å². The minimum Gasteiger partial charge on any atom is -0.507 e. The van der Waals surface area contributed by atoms with Crippen molar-refractivity contribution in [3.8, 4) is 11.5 Å². The molecule has 122 valence electrons. The predicted octanol–water partition coefficient (Wildman–Crippen LogP) is 3.75. The smallest absolute Gasteiger partial charge is 0.198 e. The number of phenolic OH excluding ortho intramolecular Hbond substituents is 1. The predicted molar refractivity (Wildman–Crippen MR) is 92.2 cm³/mol. The molecule has 3 aromatic carbocycles. The van der Waals surface area contributed by atoms with Gasteiger partial charge in [0.15, 0.2) is 11.6 Å². The molecule has 4 rings (SSSR count). The largest absolute Gasteiger partial charge is 0.507 e. The van der Waals surface area contributed by atoms with Crippen LogP contribution in [0.5, 0.6) is 11.5 Å². The molecule has 1 aliphatic rings. The van der Waals surface area contributed by atoms with Crippen LogP contribution < -0.4 is 4.74 Å². The zero-order chi connectivity index (χ0) is 17.4. The van der Waals surface area contributed by atoms with E-state index in [4.69, 9.17) is 4.74 Å². The maximum atomic E-state index is 12.9. The fraction of sp³-hybridized carbons (Fsp3) is 0.0476. The van der Waals surface area contributed by atoms with E-state index in [0.717, 1.165) is 5.56 Å². The molecule has 0 fully saturated rings.